The van der Waals surface area contributed by atoms with Gasteiger partial charge in [-0.2, -0.15) is 0 Å². The van der Waals surface area contributed by atoms with Gasteiger partial charge < -0.3 is 15.0 Å². The highest BCUT2D eigenvalue weighted by atomic mass is 19.4. The quantitative estimate of drug-likeness (QED) is 0.936. The van der Waals surface area contributed by atoms with E-state index in [1.54, 1.807) is 19.0 Å². The fraction of sp³-hybridized carbons (Fsp3) is 0.214. The Kier molecular flexibility index (Phi) is 4.68. The number of carbonyl (C=O) groups excluding carboxylic acids is 1. The average molecular weight is 326 g/mol. The first-order chi connectivity index (χ1) is 10.7. The molecule has 0 atom stereocenters. The summed E-state index contributed by atoms with van der Waals surface area (Å²) in [6.07, 6.45) is -1.90. The molecule has 1 aromatic carbocycles. The molecule has 0 aliphatic heterocycles. The SMILES string of the molecule is CN(C)c1ncc(NC(=O)c2ccc(OC(F)(F)F)cc2)cn1. The molecule has 0 aliphatic carbocycles. The zero-order chi connectivity index (χ0) is 17.0. The molecule has 0 saturated heterocycles. The van der Waals surface area contributed by atoms with Crippen LogP contribution in [0.1, 0.15) is 10.4 Å². The van der Waals surface area contributed by atoms with Gasteiger partial charge in [0, 0.05) is 19.7 Å². The molecule has 0 fully saturated rings. The zero-order valence-corrected chi connectivity index (χ0v) is 12.3. The summed E-state index contributed by atoms with van der Waals surface area (Å²) in [6, 6.07) is 4.58. The third-order valence-electron chi connectivity index (χ3n) is 2.65. The number of rotatable bonds is 4. The van der Waals surface area contributed by atoms with Crippen LogP contribution in [0.15, 0.2) is 36.7 Å². The normalized spacial score (nSPS) is 11.0. The topological polar surface area (TPSA) is 67.4 Å². The maximum Gasteiger partial charge on any atom is 0.573 e. The minimum Gasteiger partial charge on any atom is -0.406 e. The summed E-state index contributed by atoms with van der Waals surface area (Å²) in [5.41, 5.74) is 0.549. The Morgan fingerprint density at radius 3 is 2.17 bits per heavy atom. The van der Waals surface area contributed by atoms with Crippen molar-refractivity contribution in [2.75, 3.05) is 24.3 Å². The van der Waals surface area contributed by atoms with Crippen molar-refractivity contribution in [1.82, 2.24) is 9.97 Å². The van der Waals surface area contributed by atoms with Crippen molar-refractivity contribution in [3.63, 3.8) is 0 Å². The van der Waals surface area contributed by atoms with Crippen molar-refractivity contribution >= 4 is 17.5 Å². The molecular weight excluding hydrogens is 313 g/mol. The Labute approximate surface area is 129 Å². The summed E-state index contributed by atoms with van der Waals surface area (Å²) < 4.78 is 39.9. The van der Waals surface area contributed by atoms with E-state index < -0.39 is 18.0 Å². The van der Waals surface area contributed by atoms with E-state index in [4.69, 9.17) is 0 Å². The van der Waals surface area contributed by atoms with Crippen molar-refractivity contribution in [1.29, 1.82) is 0 Å². The smallest absolute Gasteiger partial charge is 0.406 e. The van der Waals surface area contributed by atoms with Crippen molar-refractivity contribution < 1.29 is 22.7 Å². The minimum absolute atomic E-state index is 0.177. The Balaban J connectivity index is 2.03. The number of alkyl halides is 3. The van der Waals surface area contributed by atoms with E-state index in [0.717, 1.165) is 12.1 Å². The van der Waals surface area contributed by atoms with Crippen LogP contribution in [-0.4, -0.2) is 36.3 Å². The summed E-state index contributed by atoms with van der Waals surface area (Å²) in [6.45, 7) is 0. The molecule has 2 rings (SSSR count). The summed E-state index contributed by atoms with van der Waals surface area (Å²) in [4.78, 5) is 21.8. The van der Waals surface area contributed by atoms with Crippen LogP contribution < -0.4 is 15.0 Å². The van der Waals surface area contributed by atoms with Gasteiger partial charge in [-0.05, 0) is 24.3 Å². The van der Waals surface area contributed by atoms with E-state index in [9.17, 15) is 18.0 Å². The molecule has 0 radical (unpaired) electrons. The van der Waals surface area contributed by atoms with Crippen molar-refractivity contribution in [2.45, 2.75) is 6.36 Å². The van der Waals surface area contributed by atoms with Gasteiger partial charge in [0.1, 0.15) is 5.75 Å². The lowest BCUT2D eigenvalue weighted by Crippen LogP contribution is -2.17. The van der Waals surface area contributed by atoms with Gasteiger partial charge >= 0.3 is 6.36 Å². The predicted molar refractivity (Wildman–Crippen MR) is 77.4 cm³/mol. The van der Waals surface area contributed by atoms with E-state index in [1.807, 2.05) is 0 Å². The van der Waals surface area contributed by atoms with Gasteiger partial charge in [0.05, 0.1) is 18.1 Å². The van der Waals surface area contributed by atoms with Crippen LogP contribution in [0.3, 0.4) is 0 Å². The van der Waals surface area contributed by atoms with Gasteiger partial charge in [-0.3, -0.25) is 4.79 Å². The number of hydrogen-bond donors (Lipinski definition) is 1. The highest BCUT2D eigenvalue weighted by Crippen LogP contribution is 2.23. The molecule has 0 aliphatic rings. The van der Waals surface area contributed by atoms with Crippen LogP contribution in [0, 0.1) is 0 Å². The summed E-state index contributed by atoms with van der Waals surface area (Å²) in [5, 5.41) is 2.55. The molecule has 1 amide bonds. The molecule has 1 N–H and O–H groups in total. The molecule has 0 spiro atoms. The van der Waals surface area contributed by atoms with Crippen LogP contribution in [0.4, 0.5) is 24.8 Å². The lowest BCUT2D eigenvalue weighted by molar-refractivity contribution is -0.274. The van der Waals surface area contributed by atoms with Gasteiger partial charge in [-0.25, -0.2) is 9.97 Å². The maximum absolute atomic E-state index is 12.1. The Hall–Kier alpha value is -2.84. The van der Waals surface area contributed by atoms with E-state index in [0.29, 0.717) is 11.6 Å². The number of ether oxygens (including phenoxy) is 1. The van der Waals surface area contributed by atoms with Gasteiger partial charge in [-0.15, -0.1) is 13.2 Å². The van der Waals surface area contributed by atoms with Gasteiger partial charge in [0.2, 0.25) is 5.95 Å². The first-order valence-corrected chi connectivity index (χ1v) is 6.41. The predicted octanol–water partition coefficient (Wildman–Crippen LogP) is 2.69. The van der Waals surface area contributed by atoms with Crippen LogP contribution in [0.2, 0.25) is 0 Å². The highest BCUT2D eigenvalue weighted by Gasteiger charge is 2.31. The van der Waals surface area contributed by atoms with Crippen LogP contribution in [-0.2, 0) is 0 Å². The van der Waals surface area contributed by atoms with Crippen LogP contribution >= 0.6 is 0 Å². The number of anilines is 2. The fourth-order valence-electron chi connectivity index (χ4n) is 1.63. The number of nitrogens with zero attached hydrogens (tertiary/aromatic N) is 3. The molecule has 1 aromatic heterocycles. The molecule has 0 unspecified atom stereocenters. The molecule has 0 bridgehead atoms. The molecule has 2 aromatic rings. The molecule has 1 heterocycles. The van der Waals surface area contributed by atoms with E-state index in [-0.39, 0.29) is 5.56 Å². The molecule has 9 heteroatoms. The monoisotopic (exact) mass is 326 g/mol. The summed E-state index contributed by atoms with van der Waals surface area (Å²) in [7, 11) is 3.55. The third kappa shape index (κ3) is 4.83. The van der Waals surface area contributed by atoms with Crippen molar-refractivity contribution in [3.05, 3.63) is 42.2 Å². The molecular formula is C14H13F3N4O2. The van der Waals surface area contributed by atoms with Crippen molar-refractivity contribution in [3.8, 4) is 5.75 Å². The van der Waals surface area contributed by atoms with Gasteiger partial charge in [-0.1, -0.05) is 0 Å². The second kappa shape index (κ2) is 6.51. The largest absolute Gasteiger partial charge is 0.573 e. The number of amides is 1. The fourth-order valence-corrected chi connectivity index (χ4v) is 1.63. The number of carbonyl (C=O) groups is 1. The first-order valence-electron chi connectivity index (χ1n) is 6.41. The highest BCUT2D eigenvalue weighted by molar-refractivity contribution is 6.04. The molecule has 122 valence electrons. The molecule has 23 heavy (non-hydrogen) atoms. The van der Waals surface area contributed by atoms with Gasteiger partial charge in [0.25, 0.3) is 5.91 Å². The average Bonchev–Trinajstić information content (AvgIpc) is 2.46. The van der Waals surface area contributed by atoms with Gasteiger partial charge in [0.15, 0.2) is 0 Å². The molecule has 6 nitrogen and oxygen atoms in total. The lowest BCUT2D eigenvalue weighted by Gasteiger charge is -2.11. The first kappa shape index (κ1) is 16.5. The standard InChI is InChI=1S/C14H13F3N4O2/c1-21(2)13-18-7-10(8-19-13)20-12(22)9-3-5-11(6-4-9)23-14(15,16)17/h3-8H,1-2H3,(H,20,22). The number of aromatic nitrogens is 2. The second-order valence-electron chi connectivity index (χ2n) is 4.69. The molecule has 0 saturated carbocycles. The van der Waals surface area contributed by atoms with E-state index >= 15 is 0 Å². The van der Waals surface area contributed by atoms with E-state index in [1.165, 1.54) is 24.5 Å². The minimum atomic E-state index is -4.77. The van der Waals surface area contributed by atoms with E-state index in [2.05, 4.69) is 20.0 Å². The lowest BCUT2D eigenvalue weighted by atomic mass is 10.2. The Morgan fingerprint density at radius 2 is 1.70 bits per heavy atom. The maximum atomic E-state index is 12.1. The zero-order valence-electron chi connectivity index (χ0n) is 12.3. The van der Waals surface area contributed by atoms with Crippen LogP contribution in [0.25, 0.3) is 0 Å². The number of benzene rings is 1. The number of nitrogens with one attached hydrogen (secondary N) is 1. The second-order valence-corrected chi connectivity index (χ2v) is 4.69. The number of hydrogen-bond acceptors (Lipinski definition) is 5. The number of halogens is 3. The summed E-state index contributed by atoms with van der Waals surface area (Å²) >= 11 is 0. The Bertz CT molecular complexity index is 670. The summed E-state index contributed by atoms with van der Waals surface area (Å²) in [5.74, 6) is -0.408. The third-order valence-corrected chi connectivity index (χ3v) is 2.65. The van der Waals surface area contributed by atoms with Crippen molar-refractivity contribution in [2.24, 2.45) is 0 Å². The van der Waals surface area contributed by atoms with Crippen LogP contribution in [0.5, 0.6) is 5.75 Å². The Morgan fingerprint density at radius 1 is 1.13 bits per heavy atom.